The van der Waals surface area contributed by atoms with E-state index in [1.54, 1.807) is 16.0 Å². The van der Waals surface area contributed by atoms with E-state index in [0.29, 0.717) is 11.4 Å². The Bertz CT molecular complexity index is 915. The highest BCUT2D eigenvalue weighted by atomic mass is 32.1. The second-order valence-electron chi connectivity index (χ2n) is 5.48. The summed E-state index contributed by atoms with van der Waals surface area (Å²) in [6.45, 7) is 1.93. The summed E-state index contributed by atoms with van der Waals surface area (Å²) in [5.74, 6) is -0.373. The number of hydrogen-bond acceptors (Lipinski definition) is 5. The molecule has 0 aliphatic carbocycles. The molecule has 1 atom stereocenters. The van der Waals surface area contributed by atoms with Crippen molar-refractivity contribution in [3.8, 4) is 0 Å². The van der Waals surface area contributed by atoms with E-state index in [4.69, 9.17) is 0 Å². The van der Waals surface area contributed by atoms with E-state index in [-0.39, 0.29) is 24.2 Å². The zero-order valence-corrected chi connectivity index (χ0v) is 13.9. The lowest BCUT2D eigenvalue weighted by molar-refractivity contribution is 0.0923. The standard InChI is InChI=1S/C17H17N3O3S/c1-11-2-4-12(5-3-11)13(6-8-21)18-16(23)14-10-15(22)19-17-20(14)7-9-24-17/h2-5,7,9-10,13,21H,6,8H2,1H3,(H,18,23)/t13-/m0/s1. The van der Waals surface area contributed by atoms with Crippen molar-refractivity contribution in [1.82, 2.24) is 14.7 Å². The van der Waals surface area contributed by atoms with Gasteiger partial charge in [0.25, 0.3) is 11.5 Å². The van der Waals surface area contributed by atoms with Crippen LogP contribution in [0.3, 0.4) is 0 Å². The van der Waals surface area contributed by atoms with E-state index in [2.05, 4.69) is 10.3 Å². The molecule has 0 fully saturated rings. The molecule has 3 rings (SSSR count). The number of benzene rings is 1. The summed E-state index contributed by atoms with van der Waals surface area (Å²) in [6, 6.07) is 8.66. The van der Waals surface area contributed by atoms with Gasteiger partial charge in [0, 0.05) is 24.3 Å². The van der Waals surface area contributed by atoms with E-state index in [9.17, 15) is 14.7 Å². The van der Waals surface area contributed by atoms with Crippen molar-refractivity contribution in [3.05, 3.63) is 69.1 Å². The molecule has 24 heavy (non-hydrogen) atoms. The maximum Gasteiger partial charge on any atom is 0.274 e. The van der Waals surface area contributed by atoms with Crippen molar-refractivity contribution in [2.75, 3.05) is 6.61 Å². The fourth-order valence-corrected chi connectivity index (χ4v) is 3.23. The zero-order chi connectivity index (χ0) is 17.1. The van der Waals surface area contributed by atoms with Gasteiger partial charge in [-0.3, -0.25) is 14.0 Å². The molecule has 6 nitrogen and oxygen atoms in total. The van der Waals surface area contributed by atoms with Gasteiger partial charge in [0.05, 0.1) is 6.04 Å². The lowest BCUT2D eigenvalue weighted by Crippen LogP contribution is -2.31. The molecule has 124 valence electrons. The van der Waals surface area contributed by atoms with Gasteiger partial charge in [-0.15, -0.1) is 11.3 Å². The van der Waals surface area contributed by atoms with Crippen LogP contribution in [-0.2, 0) is 0 Å². The summed E-state index contributed by atoms with van der Waals surface area (Å²) in [6.07, 6.45) is 2.09. The molecule has 0 aliphatic rings. The number of amides is 1. The number of rotatable bonds is 5. The SMILES string of the molecule is Cc1ccc([C@H](CCO)NC(=O)c2cc(=O)nc3sccn23)cc1. The van der Waals surface area contributed by atoms with E-state index in [0.717, 1.165) is 11.1 Å². The van der Waals surface area contributed by atoms with Crippen LogP contribution in [-0.4, -0.2) is 27.0 Å². The molecule has 2 aromatic heterocycles. The van der Waals surface area contributed by atoms with Crippen molar-refractivity contribution >= 4 is 22.2 Å². The Labute approximate surface area is 142 Å². The molecule has 2 heterocycles. The predicted octanol–water partition coefficient (Wildman–Crippen LogP) is 1.92. The summed E-state index contributed by atoms with van der Waals surface area (Å²) < 4.78 is 1.59. The summed E-state index contributed by atoms with van der Waals surface area (Å²) in [4.78, 5) is 28.7. The number of hydrogen-bond donors (Lipinski definition) is 2. The monoisotopic (exact) mass is 343 g/mol. The smallest absolute Gasteiger partial charge is 0.274 e. The second-order valence-corrected chi connectivity index (χ2v) is 6.36. The fourth-order valence-electron chi connectivity index (χ4n) is 2.51. The Hall–Kier alpha value is -2.51. The van der Waals surface area contributed by atoms with Gasteiger partial charge < -0.3 is 10.4 Å². The van der Waals surface area contributed by atoms with Crippen molar-refractivity contribution in [2.24, 2.45) is 0 Å². The molecular weight excluding hydrogens is 326 g/mol. The molecular formula is C17H17N3O3S. The summed E-state index contributed by atoms with van der Waals surface area (Å²) in [5, 5.41) is 14.0. The van der Waals surface area contributed by atoms with Crippen LogP contribution in [0.2, 0.25) is 0 Å². The number of aromatic nitrogens is 2. The quantitative estimate of drug-likeness (QED) is 0.741. The van der Waals surface area contributed by atoms with Crippen LogP contribution in [0.25, 0.3) is 4.96 Å². The number of carbonyl (C=O) groups is 1. The second kappa shape index (κ2) is 6.94. The van der Waals surface area contributed by atoms with Gasteiger partial charge in [-0.25, -0.2) is 0 Å². The molecule has 0 bridgehead atoms. The lowest BCUT2D eigenvalue weighted by Gasteiger charge is -2.19. The number of nitrogens with one attached hydrogen (secondary N) is 1. The molecule has 0 unspecified atom stereocenters. The average molecular weight is 343 g/mol. The van der Waals surface area contributed by atoms with E-state index in [1.807, 2.05) is 31.2 Å². The number of aliphatic hydroxyl groups excluding tert-OH is 1. The van der Waals surface area contributed by atoms with Gasteiger partial charge >= 0.3 is 0 Å². The topological polar surface area (TPSA) is 83.7 Å². The predicted molar refractivity (Wildman–Crippen MR) is 92.4 cm³/mol. The largest absolute Gasteiger partial charge is 0.396 e. The van der Waals surface area contributed by atoms with Crippen molar-refractivity contribution in [3.63, 3.8) is 0 Å². The van der Waals surface area contributed by atoms with E-state index < -0.39 is 5.56 Å². The molecule has 1 amide bonds. The van der Waals surface area contributed by atoms with Gasteiger partial charge in [0.2, 0.25) is 0 Å². The van der Waals surface area contributed by atoms with E-state index in [1.165, 1.54) is 17.4 Å². The first-order valence-corrected chi connectivity index (χ1v) is 8.41. The van der Waals surface area contributed by atoms with Crippen LogP contribution in [0.15, 0.2) is 46.7 Å². The van der Waals surface area contributed by atoms with E-state index >= 15 is 0 Å². The highest BCUT2D eigenvalue weighted by Crippen LogP contribution is 2.18. The molecule has 1 aromatic carbocycles. The molecule has 0 aliphatic heterocycles. The molecule has 3 aromatic rings. The first kappa shape index (κ1) is 16.4. The third-order valence-corrected chi connectivity index (χ3v) is 4.51. The maximum absolute atomic E-state index is 12.7. The number of fused-ring (bicyclic) bond motifs is 1. The Morgan fingerprint density at radius 3 is 2.83 bits per heavy atom. The number of aryl methyl sites for hydroxylation is 1. The third-order valence-electron chi connectivity index (χ3n) is 3.75. The Morgan fingerprint density at radius 1 is 1.38 bits per heavy atom. The minimum absolute atomic E-state index is 0.0526. The Kier molecular flexibility index (Phi) is 4.73. The molecule has 0 saturated carbocycles. The molecule has 2 N–H and O–H groups in total. The van der Waals surface area contributed by atoms with Crippen LogP contribution in [0, 0.1) is 6.92 Å². The van der Waals surface area contributed by atoms with Crippen LogP contribution in [0.4, 0.5) is 0 Å². The average Bonchev–Trinajstić information content (AvgIpc) is 3.02. The summed E-state index contributed by atoms with van der Waals surface area (Å²) in [5.41, 5.74) is 1.82. The van der Waals surface area contributed by atoms with Crippen molar-refractivity contribution < 1.29 is 9.90 Å². The van der Waals surface area contributed by atoms with Gasteiger partial charge in [-0.1, -0.05) is 29.8 Å². The van der Waals surface area contributed by atoms with Gasteiger partial charge in [0.15, 0.2) is 4.96 Å². The minimum Gasteiger partial charge on any atom is -0.396 e. The first-order valence-electron chi connectivity index (χ1n) is 7.53. The molecule has 0 saturated heterocycles. The van der Waals surface area contributed by atoms with Gasteiger partial charge in [-0.2, -0.15) is 4.98 Å². The number of nitrogens with zero attached hydrogens (tertiary/aromatic N) is 2. The van der Waals surface area contributed by atoms with Gasteiger partial charge in [-0.05, 0) is 18.9 Å². The number of aliphatic hydroxyl groups is 1. The summed E-state index contributed by atoms with van der Waals surface area (Å²) in [7, 11) is 0. The van der Waals surface area contributed by atoms with Gasteiger partial charge in [0.1, 0.15) is 5.69 Å². The highest BCUT2D eigenvalue weighted by molar-refractivity contribution is 7.15. The number of thiazole rings is 1. The zero-order valence-electron chi connectivity index (χ0n) is 13.1. The first-order chi connectivity index (χ1) is 11.6. The lowest BCUT2D eigenvalue weighted by atomic mass is 10.0. The van der Waals surface area contributed by atoms with Crippen molar-refractivity contribution in [1.29, 1.82) is 0 Å². The fraction of sp³-hybridized carbons (Fsp3) is 0.235. The van der Waals surface area contributed by atoms with Crippen molar-refractivity contribution in [2.45, 2.75) is 19.4 Å². The van der Waals surface area contributed by atoms with Crippen LogP contribution in [0.1, 0.15) is 34.1 Å². The van der Waals surface area contributed by atoms with Crippen LogP contribution >= 0.6 is 11.3 Å². The van der Waals surface area contributed by atoms with Crippen LogP contribution in [0.5, 0.6) is 0 Å². The highest BCUT2D eigenvalue weighted by Gasteiger charge is 2.18. The minimum atomic E-state index is -0.448. The van der Waals surface area contributed by atoms with Crippen LogP contribution < -0.4 is 10.9 Å². The Morgan fingerprint density at radius 2 is 2.12 bits per heavy atom. The Balaban J connectivity index is 1.91. The summed E-state index contributed by atoms with van der Waals surface area (Å²) >= 11 is 1.29. The normalized spacial score (nSPS) is 12.2. The molecule has 0 spiro atoms. The number of carbonyl (C=O) groups excluding carboxylic acids is 1. The molecule has 0 radical (unpaired) electrons. The maximum atomic E-state index is 12.7. The third kappa shape index (κ3) is 3.37. The molecule has 7 heteroatoms.